The van der Waals surface area contributed by atoms with E-state index < -0.39 is 0 Å². The monoisotopic (exact) mass is 210 g/mol. The lowest BCUT2D eigenvalue weighted by atomic mass is 10.2. The van der Waals surface area contributed by atoms with Crippen molar-refractivity contribution < 1.29 is 4.74 Å². The Bertz CT molecular complexity index is 317. The summed E-state index contributed by atoms with van der Waals surface area (Å²) in [7, 11) is 0. The van der Waals surface area contributed by atoms with Gasteiger partial charge in [-0.25, -0.2) is 4.98 Å². The predicted molar refractivity (Wildman–Crippen MR) is 60.3 cm³/mol. The molecule has 1 aliphatic rings. The number of nitrogens with one attached hydrogen (secondary N) is 1. The molecular weight excluding hydrogens is 196 g/mol. The molecule has 2 rings (SSSR count). The van der Waals surface area contributed by atoms with Gasteiger partial charge in [0.1, 0.15) is 6.61 Å². The number of fused-ring (bicyclic) bond motifs is 1. The van der Waals surface area contributed by atoms with Gasteiger partial charge in [-0.15, -0.1) is 0 Å². The summed E-state index contributed by atoms with van der Waals surface area (Å²) in [6.45, 7) is 1.59. The van der Waals surface area contributed by atoms with E-state index in [2.05, 4.69) is 22.6 Å². The van der Waals surface area contributed by atoms with E-state index in [1.54, 1.807) is 0 Å². The normalized spacial score (nSPS) is 14.1. The van der Waals surface area contributed by atoms with Crippen molar-refractivity contribution in [3.05, 3.63) is 17.8 Å². The molecule has 0 spiro atoms. The molecule has 0 radical (unpaired) electrons. The minimum atomic E-state index is 0.737. The maximum Gasteiger partial charge on any atom is 0.168 e. The van der Waals surface area contributed by atoms with Gasteiger partial charge in [-0.3, -0.25) is 0 Å². The van der Waals surface area contributed by atoms with Gasteiger partial charge in [0.25, 0.3) is 0 Å². The molecule has 1 N–H and O–H groups in total. The van der Waals surface area contributed by atoms with Crippen LogP contribution in [0, 0.1) is 0 Å². The highest BCUT2D eigenvalue weighted by atomic mass is 32.2. The van der Waals surface area contributed by atoms with Crippen molar-refractivity contribution in [2.45, 2.75) is 6.42 Å². The van der Waals surface area contributed by atoms with Crippen molar-refractivity contribution in [3.8, 4) is 5.75 Å². The van der Waals surface area contributed by atoms with Gasteiger partial charge in [0.05, 0.1) is 6.54 Å². The SMILES string of the molecule is CSCCc1cnc2c(c1)OCCN2. The van der Waals surface area contributed by atoms with E-state index in [1.807, 2.05) is 18.0 Å². The Hall–Kier alpha value is -0.900. The van der Waals surface area contributed by atoms with Crippen LogP contribution in [-0.2, 0) is 6.42 Å². The van der Waals surface area contributed by atoms with Crippen LogP contribution < -0.4 is 10.1 Å². The Labute approximate surface area is 88.3 Å². The lowest BCUT2D eigenvalue weighted by molar-refractivity contribution is 0.321. The number of ether oxygens (including phenoxy) is 1. The van der Waals surface area contributed by atoms with Crippen LogP contribution >= 0.6 is 11.8 Å². The molecule has 0 unspecified atom stereocenters. The number of anilines is 1. The minimum Gasteiger partial charge on any atom is -0.488 e. The molecule has 0 bridgehead atoms. The van der Waals surface area contributed by atoms with Crippen molar-refractivity contribution in [2.75, 3.05) is 30.5 Å². The molecule has 0 aromatic carbocycles. The molecular formula is C10H14N2OS. The summed E-state index contributed by atoms with van der Waals surface area (Å²) in [6, 6.07) is 2.09. The van der Waals surface area contributed by atoms with Gasteiger partial charge >= 0.3 is 0 Å². The standard InChI is InChI=1S/C10H14N2OS/c1-14-5-2-8-6-9-10(12-7-8)11-3-4-13-9/h6-7H,2-5H2,1H3,(H,11,12). The lowest BCUT2D eigenvalue weighted by Gasteiger charge is -2.18. The Kier molecular flexibility index (Phi) is 3.14. The summed E-state index contributed by atoms with van der Waals surface area (Å²) in [5.41, 5.74) is 1.25. The first-order chi connectivity index (χ1) is 6.90. The molecule has 14 heavy (non-hydrogen) atoms. The smallest absolute Gasteiger partial charge is 0.168 e. The third-order valence-electron chi connectivity index (χ3n) is 2.16. The Balaban J connectivity index is 2.12. The van der Waals surface area contributed by atoms with Gasteiger partial charge in [-0.05, 0) is 30.1 Å². The van der Waals surface area contributed by atoms with Crippen LogP contribution in [0.5, 0.6) is 5.75 Å². The van der Waals surface area contributed by atoms with Gasteiger partial charge < -0.3 is 10.1 Å². The highest BCUT2D eigenvalue weighted by molar-refractivity contribution is 7.98. The van der Waals surface area contributed by atoms with E-state index in [0.29, 0.717) is 0 Å². The van der Waals surface area contributed by atoms with Crippen molar-refractivity contribution in [1.82, 2.24) is 4.98 Å². The van der Waals surface area contributed by atoms with E-state index in [1.165, 1.54) is 5.56 Å². The summed E-state index contributed by atoms with van der Waals surface area (Å²) < 4.78 is 5.51. The Morgan fingerprint density at radius 1 is 1.64 bits per heavy atom. The second kappa shape index (κ2) is 4.55. The molecule has 0 atom stereocenters. The molecule has 0 fully saturated rings. The quantitative estimate of drug-likeness (QED) is 0.824. The lowest BCUT2D eigenvalue weighted by Crippen LogP contribution is -2.19. The van der Waals surface area contributed by atoms with Crippen molar-refractivity contribution in [1.29, 1.82) is 0 Å². The molecule has 76 valence electrons. The molecule has 3 nitrogen and oxygen atoms in total. The molecule has 0 aliphatic carbocycles. The largest absolute Gasteiger partial charge is 0.488 e. The average molecular weight is 210 g/mol. The van der Waals surface area contributed by atoms with Gasteiger partial charge in [-0.2, -0.15) is 11.8 Å². The first kappa shape index (κ1) is 9.65. The fourth-order valence-corrected chi connectivity index (χ4v) is 1.85. The number of pyridine rings is 1. The van der Waals surface area contributed by atoms with Gasteiger partial charge in [0.15, 0.2) is 11.6 Å². The molecule has 1 aromatic rings. The van der Waals surface area contributed by atoms with Crippen LogP contribution in [0.2, 0.25) is 0 Å². The topological polar surface area (TPSA) is 34.1 Å². The summed E-state index contributed by atoms with van der Waals surface area (Å²) >= 11 is 1.85. The predicted octanol–water partition coefficient (Wildman–Crippen LogP) is 1.79. The Morgan fingerprint density at radius 2 is 2.57 bits per heavy atom. The zero-order valence-corrected chi connectivity index (χ0v) is 9.06. The van der Waals surface area contributed by atoms with E-state index >= 15 is 0 Å². The third-order valence-corrected chi connectivity index (χ3v) is 2.77. The summed E-state index contributed by atoms with van der Waals surface area (Å²) in [4.78, 5) is 4.33. The minimum absolute atomic E-state index is 0.737. The Morgan fingerprint density at radius 3 is 3.43 bits per heavy atom. The van der Waals surface area contributed by atoms with Gasteiger partial charge in [0.2, 0.25) is 0 Å². The van der Waals surface area contributed by atoms with E-state index in [9.17, 15) is 0 Å². The van der Waals surface area contributed by atoms with Gasteiger partial charge in [-0.1, -0.05) is 0 Å². The van der Waals surface area contributed by atoms with Crippen molar-refractivity contribution in [2.24, 2.45) is 0 Å². The van der Waals surface area contributed by atoms with Crippen LogP contribution in [0.15, 0.2) is 12.3 Å². The number of rotatable bonds is 3. The van der Waals surface area contributed by atoms with E-state index in [0.717, 1.165) is 36.9 Å². The molecule has 0 amide bonds. The number of aryl methyl sites for hydroxylation is 1. The fraction of sp³-hybridized carbons (Fsp3) is 0.500. The highest BCUT2D eigenvalue weighted by Gasteiger charge is 2.10. The molecule has 4 heteroatoms. The number of nitrogens with zero attached hydrogens (tertiary/aromatic N) is 1. The van der Waals surface area contributed by atoms with Crippen LogP contribution in [0.3, 0.4) is 0 Å². The zero-order chi connectivity index (χ0) is 9.80. The van der Waals surface area contributed by atoms with Crippen LogP contribution in [0.25, 0.3) is 0 Å². The fourth-order valence-electron chi connectivity index (χ4n) is 1.41. The van der Waals surface area contributed by atoms with Crippen LogP contribution in [0.1, 0.15) is 5.56 Å². The number of aromatic nitrogens is 1. The third kappa shape index (κ3) is 2.12. The van der Waals surface area contributed by atoms with Crippen molar-refractivity contribution >= 4 is 17.6 Å². The van der Waals surface area contributed by atoms with E-state index in [4.69, 9.17) is 4.74 Å². The molecule has 1 aliphatic heterocycles. The first-order valence-corrected chi connectivity index (χ1v) is 6.14. The molecule has 2 heterocycles. The number of thioether (sulfide) groups is 1. The van der Waals surface area contributed by atoms with Gasteiger partial charge in [0, 0.05) is 6.20 Å². The number of hydrogen-bond donors (Lipinski definition) is 1. The number of hydrogen-bond acceptors (Lipinski definition) is 4. The average Bonchev–Trinajstić information content (AvgIpc) is 2.26. The van der Waals surface area contributed by atoms with Crippen molar-refractivity contribution in [3.63, 3.8) is 0 Å². The van der Waals surface area contributed by atoms with Crippen LogP contribution in [-0.4, -0.2) is 30.1 Å². The second-order valence-electron chi connectivity index (χ2n) is 3.21. The summed E-state index contributed by atoms with van der Waals surface area (Å²) in [6.07, 6.45) is 5.10. The molecule has 0 saturated carbocycles. The maximum absolute atomic E-state index is 5.51. The second-order valence-corrected chi connectivity index (χ2v) is 4.19. The molecule has 1 aromatic heterocycles. The highest BCUT2D eigenvalue weighted by Crippen LogP contribution is 2.25. The first-order valence-electron chi connectivity index (χ1n) is 4.74. The summed E-state index contributed by atoms with van der Waals surface area (Å²) in [5, 5.41) is 3.20. The van der Waals surface area contributed by atoms with E-state index in [-0.39, 0.29) is 0 Å². The summed E-state index contributed by atoms with van der Waals surface area (Å²) in [5.74, 6) is 2.91. The molecule has 0 saturated heterocycles. The zero-order valence-electron chi connectivity index (χ0n) is 8.25. The maximum atomic E-state index is 5.51. The van der Waals surface area contributed by atoms with Crippen LogP contribution in [0.4, 0.5) is 5.82 Å².